The van der Waals surface area contributed by atoms with Crippen molar-refractivity contribution in [2.24, 2.45) is 0 Å². The number of nitrogens with one attached hydrogen (secondary N) is 4. The summed E-state index contributed by atoms with van der Waals surface area (Å²) in [7, 11) is 0. The van der Waals surface area contributed by atoms with Crippen molar-refractivity contribution >= 4 is 35.0 Å². The Balaban J connectivity index is 1.86. The average molecular weight is 467 g/mol. The number of anilines is 2. The number of amides is 4. The fraction of sp³-hybridized carbons (Fsp3) is 0.385. The fourth-order valence-corrected chi connectivity index (χ4v) is 2.97. The lowest BCUT2D eigenvalue weighted by Gasteiger charge is -2.13. The van der Waals surface area contributed by atoms with Crippen LogP contribution >= 0.6 is 0 Å². The zero-order valence-electron chi connectivity index (χ0n) is 20.2. The summed E-state index contributed by atoms with van der Waals surface area (Å²) in [5.74, 6) is -1.08. The topological polar surface area (TPSA) is 116 Å². The average Bonchev–Trinajstić information content (AvgIpc) is 2.82. The summed E-state index contributed by atoms with van der Waals surface area (Å²) in [6.07, 6.45) is 1.59. The lowest BCUT2D eigenvalue weighted by Crippen LogP contribution is -2.32. The predicted octanol–water partition coefficient (Wildman–Crippen LogP) is 4.10. The molecule has 0 radical (unpaired) electrons. The minimum absolute atomic E-state index is 0.0245. The summed E-state index contributed by atoms with van der Waals surface area (Å²) in [6, 6.07) is 13.4. The van der Waals surface area contributed by atoms with Crippen LogP contribution in [0.4, 0.5) is 11.4 Å². The Morgan fingerprint density at radius 1 is 0.676 bits per heavy atom. The van der Waals surface area contributed by atoms with Gasteiger partial charge in [0.05, 0.1) is 0 Å². The van der Waals surface area contributed by atoms with Gasteiger partial charge in [0, 0.05) is 47.4 Å². The van der Waals surface area contributed by atoms with E-state index in [9.17, 15) is 19.2 Å². The molecule has 0 aliphatic rings. The van der Waals surface area contributed by atoms with Gasteiger partial charge in [-0.15, -0.1) is 0 Å². The second kappa shape index (κ2) is 13.1. The first-order valence-corrected chi connectivity index (χ1v) is 11.6. The molecule has 4 N–H and O–H groups in total. The normalized spacial score (nSPS) is 12.2. The number of carbonyl (C=O) groups is 4. The molecule has 0 saturated carbocycles. The molecule has 0 spiro atoms. The molecule has 4 amide bonds. The van der Waals surface area contributed by atoms with E-state index in [4.69, 9.17) is 0 Å². The van der Waals surface area contributed by atoms with Crippen LogP contribution in [-0.2, 0) is 9.59 Å². The number of hydrogen-bond donors (Lipinski definition) is 4. The van der Waals surface area contributed by atoms with Gasteiger partial charge in [-0.05, 0) is 63.1 Å². The van der Waals surface area contributed by atoms with E-state index in [2.05, 4.69) is 21.3 Å². The van der Waals surface area contributed by atoms with E-state index >= 15 is 0 Å². The third kappa shape index (κ3) is 8.69. The fourth-order valence-electron chi connectivity index (χ4n) is 2.97. The maximum Gasteiger partial charge on any atom is 0.251 e. The van der Waals surface area contributed by atoms with Crippen LogP contribution in [0.2, 0.25) is 0 Å². The summed E-state index contributed by atoms with van der Waals surface area (Å²) in [6.45, 7) is 7.82. The van der Waals surface area contributed by atoms with Crippen molar-refractivity contribution in [3.8, 4) is 0 Å². The van der Waals surface area contributed by atoms with Gasteiger partial charge < -0.3 is 21.3 Å². The smallest absolute Gasteiger partial charge is 0.251 e. The molecule has 34 heavy (non-hydrogen) atoms. The zero-order chi connectivity index (χ0) is 25.1. The summed E-state index contributed by atoms with van der Waals surface area (Å²) in [4.78, 5) is 49.2. The first kappa shape index (κ1) is 26.6. The lowest BCUT2D eigenvalue weighted by molar-refractivity contribution is -0.121. The minimum atomic E-state index is -0.337. The molecular weight excluding hydrogens is 432 g/mol. The van der Waals surface area contributed by atoms with E-state index in [0.29, 0.717) is 22.5 Å². The van der Waals surface area contributed by atoms with Crippen molar-refractivity contribution < 1.29 is 19.2 Å². The molecular formula is C26H34N4O4. The molecule has 0 aliphatic heterocycles. The van der Waals surface area contributed by atoms with E-state index in [0.717, 1.165) is 12.8 Å². The van der Waals surface area contributed by atoms with E-state index in [1.54, 1.807) is 48.5 Å². The van der Waals surface area contributed by atoms with E-state index in [1.165, 1.54) is 0 Å². The highest BCUT2D eigenvalue weighted by atomic mass is 16.2. The van der Waals surface area contributed by atoms with Gasteiger partial charge in [-0.25, -0.2) is 0 Å². The first-order valence-electron chi connectivity index (χ1n) is 11.6. The van der Waals surface area contributed by atoms with Crippen LogP contribution in [0.15, 0.2) is 48.5 Å². The van der Waals surface area contributed by atoms with Crippen LogP contribution in [-0.4, -0.2) is 35.7 Å². The van der Waals surface area contributed by atoms with Crippen molar-refractivity contribution in [1.82, 2.24) is 10.6 Å². The lowest BCUT2D eigenvalue weighted by atomic mass is 10.1. The van der Waals surface area contributed by atoms with Crippen LogP contribution in [0.3, 0.4) is 0 Å². The molecule has 8 heteroatoms. The van der Waals surface area contributed by atoms with Gasteiger partial charge in [0.2, 0.25) is 11.8 Å². The van der Waals surface area contributed by atoms with Crippen LogP contribution in [0, 0.1) is 0 Å². The molecule has 0 fully saturated rings. The van der Waals surface area contributed by atoms with Crippen molar-refractivity contribution in [3.05, 3.63) is 59.7 Å². The van der Waals surface area contributed by atoms with Crippen molar-refractivity contribution in [2.75, 3.05) is 10.6 Å². The highest BCUT2D eigenvalue weighted by Crippen LogP contribution is 2.14. The molecule has 0 aliphatic carbocycles. The quantitative estimate of drug-likeness (QED) is 0.399. The second-order valence-electron chi connectivity index (χ2n) is 8.32. The zero-order valence-corrected chi connectivity index (χ0v) is 20.2. The van der Waals surface area contributed by atoms with Crippen LogP contribution in [0.5, 0.6) is 0 Å². The highest BCUT2D eigenvalue weighted by Gasteiger charge is 2.13. The molecule has 2 unspecified atom stereocenters. The van der Waals surface area contributed by atoms with Crippen molar-refractivity contribution in [1.29, 1.82) is 0 Å². The largest absolute Gasteiger partial charge is 0.350 e. The monoisotopic (exact) mass is 466 g/mol. The third-order valence-corrected chi connectivity index (χ3v) is 5.38. The minimum Gasteiger partial charge on any atom is -0.350 e. The van der Waals surface area contributed by atoms with E-state index in [-0.39, 0.29) is 48.6 Å². The SMILES string of the molecule is CCC(C)NC(=O)c1cccc(NC(=O)CCC(=O)Nc2cccc(C(=O)NC(C)CC)c2)c1. The van der Waals surface area contributed by atoms with Gasteiger partial charge in [-0.3, -0.25) is 19.2 Å². The predicted molar refractivity (Wildman–Crippen MR) is 134 cm³/mol. The summed E-state index contributed by atoms with van der Waals surface area (Å²) < 4.78 is 0. The number of rotatable bonds is 11. The van der Waals surface area contributed by atoms with Crippen LogP contribution < -0.4 is 21.3 Å². The summed E-state index contributed by atoms with van der Waals surface area (Å²) >= 11 is 0. The molecule has 0 saturated heterocycles. The van der Waals surface area contributed by atoms with Crippen LogP contribution in [0.1, 0.15) is 74.1 Å². The Kier molecular flexibility index (Phi) is 10.3. The van der Waals surface area contributed by atoms with Gasteiger partial charge in [-0.2, -0.15) is 0 Å². The molecule has 2 atom stereocenters. The molecule has 0 bridgehead atoms. The molecule has 0 heterocycles. The van der Waals surface area contributed by atoms with Crippen molar-refractivity contribution in [2.45, 2.75) is 65.5 Å². The Labute approximate surface area is 200 Å². The standard InChI is InChI=1S/C26H34N4O4/c1-5-17(3)27-25(33)19-9-7-11-21(15-19)29-23(31)13-14-24(32)30-22-12-8-10-20(16-22)26(34)28-18(4)6-2/h7-12,15-18H,5-6,13-14H2,1-4H3,(H,27,33)(H,28,34)(H,29,31)(H,30,32). The van der Waals surface area contributed by atoms with E-state index < -0.39 is 0 Å². The Hall–Kier alpha value is -3.68. The van der Waals surface area contributed by atoms with Crippen LogP contribution in [0.25, 0.3) is 0 Å². The van der Waals surface area contributed by atoms with E-state index in [1.807, 2.05) is 27.7 Å². The molecule has 8 nitrogen and oxygen atoms in total. The van der Waals surface area contributed by atoms with Crippen molar-refractivity contribution in [3.63, 3.8) is 0 Å². The van der Waals surface area contributed by atoms with Gasteiger partial charge in [0.15, 0.2) is 0 Å². The highest BCUT2D eigenvalue weighted by molar-refractivity contribution is 6.00. The second-order valence-corrected chi connectivity index (χ2v) is 8.32. The maximum absolute atomic E-state index is 12.3. The molecule has 2 rings (SSSR count). The summed E-state index contributed by atoms with van der Waals surface area (Å²) in [5, 5.41) is 11.2. The van der Waals surface area contributed by atoms with Gasteiger partial charge in [0.25, 0.3) is 11.8 Å². The third-order valence-electron chi connectivity index (χ3n) is 5.38. The number of hydrogen-bond acceptors (Lipinski definition) is 4. The first-order chi connectivity index (χ1) is 16.2. The number of benzene rings is 2. The molecule has 0 aromatic heterocycles. The van der Waals surface area contributed by atoms with Gasteiger partial charge >= 0.3 is 0 Å². The summed E-state index contributed by atoms with van der Waals surface area (Å²) in [5.41, 5.74) is 1.88. The maximum atomic E-state index is 12.3. The molecule has 2 aromatic carbocycles. The Morgan fingerprint density at radius 2 is 1.06 bits per heavy atom. The number of carbonyl (C=O) groups excluding carboxylic acids is 4. The van der Waals surface area contributed by atoms with Gasteiger partial charge in [0.1, 0.15) is 0 Å². The Morgan fingerprint density at radius 3 is 1.41 bits per heavy atom. The van der Waals surface area contributed by atoms with Gasteiger partial charge in [-0.1, -0.05) is 26.0 Å². The Bertz CT molecular complexity index is 940. The molecule has 2 aromatic rings. The molecule has 182 valence electrons.